The number of nitrogens with zero attached hydrogens (tertiary/aromatic N) is 1. The summed E-state index contributed by atoms with van der Waals surface area (Å²) in [5, 5.41) is 15.2. The minimum absolute atomic E-state index is 0.934. The summed E-state index contributed by atoms with van der Waals surface area (Å²) in [6.07, 6.45) is 0. The summed E-state index contributed by atoms with van der Waals surface area (Å²) < 4.78 is 11.4. The molecule has 9 aromatic carbocycles. The molecule has 3 aromatic heterocycles. The van der Waals surface area contributed by atoms with Crippen LogP contribution in [0.5, 0.6) is 0 Å². The fourth-order valence-corrected chi connectivity index (χ4v) is 10.1. The van der Waals surface area contributed by atoms with Crippen LogP contribution in [0, 0.1) is 0 Å². The van der Waals surface area contributed by atoms with E-state index in [1.165, 1.54) is 96.2 Å². The first-order valence-electron chi connectivity index (χ1n) is 17.4. The fraction of sp³-hybridized carbons (Fsp3) is 0. The summed E-state index contributed by atoms with van der Waals surface area (Å²) in [5.74, 6) is 0. The standard InChI is InChI=1S/C48H27NOS/c1-2-11-29(12-3-1)49-40-24-21-28(30-18-10-19-38-46-43(51-48(30)38)26-25-42-45(46)37-17-8-9-20-41(37)50-42)27-39(40)36-23-22-35-33-15-5-4-13-31(33)32-14-6-7-16-34(32)44(35)47(36)49/h1-27H. The molecule has 0 spiro atoms. The third-order valence-electron chi connectivity index (χ3n) is 11.0. The SMILES string of the molecule is c1ccc(-n2c3ccc(-c4cccc5c4sc4ccc6oc7ccccc7c6c45)cc3c3ccc4c5ccccc5c5ccccc5c4c32)cc1. The van der Waals surface area contributed by atoms with Gasteiger partial charge in [0, 0.05) is 52.8 Å². The first-order valence-corrected chi connectivity index (χ1v) is 18.2. The maximum atomic E-state index is 6.30. The number of benzene rings is 9. The van der Waals surface area contributed by atoms with Gasteiger partial charge in [-0.3, -0.25) is 0 Å². The van der Waals surface area contributed by atoms with Crippen molar-refractivity contribution in [2.24, 2.45) is 0 Å². The zero-order chi connectivity index (χ0) is 33.2. The molecule has 0 aliphatic heterocycles. The third kappa shape index (κ3) is 3.65. The summed E-state index contributed by atoms with van der Waals surface area (Å²) in [7, 11) is 0. The molecule has 3 heterocycles. The minimum atomic E-state index is 0.934. The molecule has 0 radical (unpaired) electrons. The summed E-state index contributed by atoms with van der Waals surface area (Å²) in [5.41, 5.74) is 7.98. The molecule has 2 nitrogen and oxygen atoms in total. The quantitative estimate of drug-likeness (QED) is 0.168. The number of rotatable bonds is 2. The van der Waals surface area contributed by atoms with Crippen molar-refractivity contribution in [2.75, 3.05) is 0 Å². The van der Waals surface area contributed by atoms with Crippen LogP contribution in [-0.2, 0) is 0 Å². The van der Waals surface area contributed by atoms with Crippen LogP contribution in [0.3, 0.4) is 0 Å². The van der Waals surface area contributed by atoms with E-state index >= 15 is 0 Å². The fourth-order valence-electron chi connectivity index (χ4n) is 8.84. The van der Waals surface area contributed by atoms with Gasteiger partial charge in [0.05, 0.1) is 11.0 Å². The maximum Gasteiger partial charge on any atom is 0.136 e. The molecule has 51 heavy (non-hydrogen) atoms. The van der Waals surface area contributed by atoms with Crippen molar-refractivity contribution < 1.29 is 4.42 Å². The molecule has 0 saturated carbocycles. The molecule has 0 aliphatic carbocycles. The van der Waals surface area contributed by atoms with E-state index in [0.29, 0.717) is 0 Å². The van der Waals surface area contributed by atoms with Gasteiger partial charge in [0.25, 0.3) is 0 Å². The van der Waals surface area contributed by atoms with Gasteiger partial charge in [-0.05, 0) is 80.5 Å². The first-order chi connectivity index (χ1) is 25.3. The van der Waals surface area contributed by atoms with Crippen molar-refractivity contribution in [1.82, 2.24) is 4.57 Å². The Labute approximate surface area is 296 Å². The topological polar surface area (TPSA) is 18.1 Å². The van der Waals surface area contributed by atoms with Crippen LogP contribution < -0.4 is 0 Å². The number of furan rings is 1. The second-order valence-corrected chi connectivity index (χ2v) is 14.6. The van der Waals surface area contributed by atoms with Gasteiger partial charge in [0.2, 0.25) is 0 Å². The molecule has 0 atom stereocenters. The van der Waals surface area contributed by atoms with Gasteiger partial charge in [-0.1, -0.05) is 121 Å². The second-order valence-electron chi connectivity index (χ2n) is 13.6. The lowest BCUT2D eigenvalue weighted by Gasteiger charge is -2.14. The number of hydrogen-bond donors (Lipinski definition) is 0. The van der Waals surface area contributed by atoms with E-state index < -0.39 is 0 Å². The normalized spacial score (nSPS) is 12.3. The van der Waals surface area contributed by atoms with Crippen LogP contribution in [0.25, 0.3) is 113 Å². The Morgan fingerprint density at radius 2 is 1.08 bits per heavy atom. The molecule has 0 fully saturated rings. The number of hydrogen-bond acceptors (Lipinski definition) is 2. The Balaban J connectivity index is 1.20. The highest BCUT2D eigenvalue weighted by molar-refractivity contribution is 7.26. The molecule has 0 bridgehead atoms. The van der Waals surface area contributed by atoms with E-state index in [4.69, 9.17) is 4.42 Å². The summed E-state index contributed by atoms with van der Waals surface area (Å²) in [6.45, 7) is 0. The predicted octanol–water partition coefficient (Wildman–Crippen LogP) is 14.2. The number of fused-ring (bicyclic) bond motifs is 17. The van der Waals surface area contributed by atoms with E-state index in [-0.39, 0.29) is 0 Å². The van der Waals surface area contributed by atoms with Crippen molar-refractivity contribution in [3.8, 4) is 16.8 Å². The largest absolute Gasteiger partial charge is 0.456 e. The number of aromatic nitrogens is 1. The van der Waals surface area contributed by atoms with E-state index in [0.717, 1.165) is 16.9 Å². The molecular weight excluding hydrogens is 639 g/mol. The van der Waals surface area contributed by atoms with Crippen LogP contribution in [0.2, 0.25) is 0 Å². The molecule has 236 valence electrons. The molecule has 12 aromatic rings. The summed E-state index contributed by atoms with van der Waals surface area (Å²) in [4.78, 5) is 0. The molecule has 0 N–H and O–H groups in total. The van der Waals surface area contributed by atoms with Gasteiger partial charge in [0.15, 0.2) is 0 Å². The van der Waals surface area contributed by atoms with Crippen LogP contribution >= 0.6 is 11.3 Å². The Hall–Kier alpha value is -6.42. The van der Waals surface area contributed by atoms with Crippen molar-refractivity contribution in [1.29, 1.82) is 0 Å². The number of thiophene rings is 1. The second kappa shape index (κ2) is 10.1. The molecule has 3 heteroatoms. The lowest BCUT2D eigenvalue weighted by molar-refractivity contribution is 0.669. The van der Waals surface area contributed by atoms with Gasteiger partial charge in [0.1, 0.15) is 11.2 Å². The minimum Gasteiger partial charge on any atom is -0.456 e. The summed E-state index contributed by atoms with van der Waals surface area (Å²) >= 11 is 1.88. The molecule has 12 rings (SSSR count). The Morgan fingerprint density at radius 3 is 1.90 bits per heavy atom. The van der Waals surface area contributed by atoms with Crippen LogP contribution in [0.1, 0.15) is 0 Å². The maximum absolute atomic E-state index is 6.30. The first kappa shape index (κ1) is 27.4. The average molecular weight is 666 g/mol. The molecule has 0 aliphatic rings. The zero-order valence-electron chi connectivity index (χ0n) is 27.4. The predicted molar refractivity (Wildman–Crippen MR) is 219 cm³/mol. The lowest BCUT2D eigenvalue weighted by Crippen LogP contribution is -1.95. The lowest BCUT2D eigenvalue weighted by atomic mass is 9.92. The Kier molecular flexibility index (Phi) is 5.41. The average Bonchev–Trinajstić information content (AvgIpc) is 3.87. The molecule has 0 amide bonds. The van der Waals surface area contributed by atoms with Crippen LogP contribution in [0.15, 0.2) is 168 Å². The van der Waals surface area contributed by atoms with Crippen molar-refractivity contribution >= 4 is 108 Å². The highest BCUT2D eigenvalue weighted by atomic mass is 32.1. The van der Waals surface area contributed by atoms with Gasteiger partial charge in [-0.25, -0.2) is 0 Å². The van der Waals surface area contributed by atoms with E-state index in [1.54, 1.807) is 0 Å². The van der Waals surface area contributed by atoms with Gasteiger partial charge in [-0.2, -0.15) is 0 Å². The van der Waals surface area contributed by atoms with Crippen molar-refractivity contribution in [3.63, 3.8) is 0 Å². The van der Waals surface area contributed by atoms with Crippen LogP contribution in [-0.4, -0.2) is 4.57 Å². The Morgan fingerprint density at radius 1 is 0.412 bits per heavy atom. The van der Waals surface area contributed by atoms with E-state index in [9.17, 15) is 0 Å². The highest BCUT2D eigenvalue weighted by Gasteiger charge is 2.21. The zero-order valence-corrected chi connectivity index (χ0v) is 28.2. The summed E-state index contributed by atoms with van der Waals surface area (Å²) in [6, 6.07) is 59.9. The van der Waals surface area contributed by atoms with Gasteiger partial charge < -0.3 is 8.98 Å². The monoisotopic (exact) mass is 665 g/mol. The van der Waals surface area contributed by atoms with Crippen molar-refractivity contribution in [2.45, 2.75) is 0 Å². The Bertz CT molecular complexity index is 3380. The van der Waals surface area contributed by atoms with E-state index in [1.807, 2.05) is 17.4 Å². The number of para-hydroxylation sites is 2. The molecule has 0 saturated heterocycles. The van der Waals surface area contributed by atoms with E-state index in [2.05, 4.69) is 162 Å². The smallest absolute Gasteiger partial charge is 0.136 e. The van der Waals surface area contributed by atoms with Crippen LogP contribution in [0.4, 0.5) is 0 Å². The third-order valence-corrected chi connectivity index (χ3v) is 12.2. The molecule has 0 unspecified atom stereocenters. The van der Waals surface area contributed by atoms with Crippen molar-refractivity contribution in [3.05, 3.63) is 164 Å². The highest BCUT2D eigenvalue weighted by Crippen LogP contribution is 2.47. The molecular formula is C48H27NOS. The van der Waals surface area contributed by atoms with Gasteiger partial charge in [-0.15, -0.1) is 11.3 Å². The van der Waals surface area contributed by atoms with Gasteiger partial charge >= 0.3 is 0 Å².